The Morgan fingerprint density at radius 1 is 1.18 bits per heavy atom. The second-order valence-electron chi connectivity index (χ2n) is 3.85. The second kappa shape index (κ2) is 3.79. The third kappa shape index (κ3) is 1.74. The van der Waals surface area contributed by atoms with Crippen LogP contribution >= 0.6 is 11.6 Å². The normalized spacial score (nSPS) is 10.9. The Hall–Kier alpha value is -2.00. The number of aromatic nitrogens is 2. The first-order valence-corrected chi connectivity index (χ1v) is 5.60. The molecule has 3 nitrogen and oxygen atoms in total. The van der Waals surface area contributed by atoms with Gasteiger partial charge in [0.05, 0.1) is 11.7 Å². The molecule has 1 aromatic carbocycles. The Balaban J connectivity index is 2.24. The lowest BCUT2D eigenvalue weighted by atomic mass is 10.2. The summed E-state index contributed by atoms with van der Waals surface area (Å²) in [6.45, 7) is 0. The van der Waals surface area contributed by atoms with Crippen LogP contribution in [-0.2, 0) is 0 Å². The fourth-order valence-electron chi connectivity index (χ4n) is 1.86. The zero-order valence-corrected chi connectivity index (χ0v) is 9.72. The molecular formula is C13H10ClN3. The average Bonchev–Trinajstić information content (AvgIpc) is 2.71. The largest absolute Gasteiger partial charge is 0.399 e. The smallest absolute Gasteiger partial charge is 0.144 e. The molecule has 0 aliphatic heterocycles. The summed E-state index contributed by atoms with van der Waals surface area (Å²) in [4.78, 5) is 4.40. The lowest BCUT2D eigenvalue weighted by Gasteiger charge is -2.02. The minimum atomic E-state index is 0.703. The van der Waals surface area contributed by atoms with Crippen molar-refractivity contribution in [2.45, 2.75) is 0 Å². The Morgan fingerprint density at radius 3 is 2.88 bits per heavy atom. The molecule has 0 aliphatic rings. The number of nitrogens with two attached hydrogens (primary N) is 1. The van der Waals surface area contributed by atoms with E-state index in [0.717, 1.165) is 22.6 Å². The number of nitrogen functional groups attached to an aromatic ring is 1. The van der Waals surface area contributed by atoms with Gasteiger partial charge in [-0.1, -0.05) is 23.7 Å². The van der Waals surface area contributed by atoms with Crippen LogP contribution in [0.25, 0.3) is 16.9 Å². The molecule has 0 saturated heterocycles. The van der Waals surface area contributed by atoms with E-state index in [0.29, 0.717) is 5.02 Å². The highest BCUT2D eigenvalue weighted by atomic mass is 35.5. The van der Waals surface area contributed by atoms with E-state index in [2.05, 4.69) is 4.98 Å². The summed E-state index contributed by atoms with van der Waals surface area (Å²) in [6.07, 6.45) is 3.71. The standard InChI is InChI=1S/C13H10ClN3/c14-10-3-1-2-9(6-10)13-16-8-12-7-11(15)4-5-17(12)13/h1-8H,15H2. The van der Waals surface area contributed by atoms with Gasteiger partial charge in [0, 0.05) is 22.5 Å². The van der Waals surface area contributed by atoms with E-state index >= 15 is 0 Å². The van der Waals surface area contributed by atoms with E-state index in [-0.39, 0.29) is 0 Å². The molecule has 0 saturated carbocycles. The van der Waals surface area contributed by atoms with Crippen LogP contribution in [0.15, 0.2) is 48.8 Å². The van der Waals surface area contributed by atoms with E-state index in [1.807, 2.05) is 47.0 Å². The van der Waals surface area contributed by atoms with Gasteiger partial charge in [-0.2, -0.15) is 0 Å². The third-order valence-corrected chi connectivity index (χ3v) is 2.87. The Labute approximate surface area is 103 Å². The quantitative estimate of drug-likeness (QED) is 0.713. The minimum absolute atomic E-state index is 0.703. The maximum atomic E-state index is 5.98. The van der Waals surface area contributed by atoms with Crippen LogP contribution in [0.2, 0.25) is 5.02 Å². The summed E-state index contributed by atoms with van der Waals surface area (Å²) in [5, 5.41) is 0.703. The van der Waals surface area contributed by atoms with Crippen molar-refractivity contribution in [2.24, 2.45) is 0 Å². The molecule has 0 amide bonds. The second-order valence-corrected chi connectivity index (χ2v) is 4.28. The highest BCUT2D eigenvalue weighted by Gasteiger charge is 2.06. The third-order valence-electron chi connectivity index (χ3n) is 2.64. The van der Waals surface area contributed by atoms with E-state index in [9.17, 15) is 0 Å². The fraction of sp³-hybridized carbons (Fsp3) is 0. The molecule has 17 heavy (non-hydrogen) atoms. The van der Waals surface area contributed by atoms with Crippen LogP contribution in [0.4, 0.5) is 5.69 Å². The summed E-state index contributed by atoms with van der Waals surface area (Å²) in [5.41, 5.74) is 8.43. The predicted octanol–water partition coefficient (Wildman–Crippen LogP) is 3.24. The maximum absolute atomic E-state index is 5.98. The molecule has 0 fully saturated rings. The molecule has 0 atom stereocenters. The molecule has 2 N–H and O–H groups in total. The predicted molar refractivity (Wildman–Crippen MR) is 70.1 cm³/mol. The van der Waals surface area contributed by atoms with E-state index in [1.165, 1.54) is 0 Å². The van der Waals surface area contributed by atoms with E-state index in [1.54, 1.807) is 6.20 Å². The van der Waals surface area contributed by atoms with Crippen LogP contribution < -0.4 is 5.73 Å². The molecule has 84 valence electrons. The molecule has 3 aromatic rings. The van der Waals surface area contributed by atoms with Gasteiger partial charge in [-0.05, 0) is 24.3 Å². The molecule has 0 aliphatic carbocycles. The highest BCUT2D eigenvalue weighted by molar-refractivity contribution is 6.30. The fourth-order valence-corrected chi connectivity index (χ4v) is 2.05. The van der Waals surface area contributed by atoms with Crippen molar-refractivity contribution >= 4 is 22.8 Å². The molecular weight excluding hydrogens is 234 g/mol. The Morgan fingerprint density at radius 2 is 2.06 bits per heavy atom. The van der Waals surface area contributed by atoms with Crippen molar-refractivity contribution in [3.63, 3.8) is 0 Å². The van der Waals surface area contributed by atoms with E-state index in [4.69, 9.17) is 17.3 Å². The SMILES string of the molecule is Nc1ccn2c(-c3cccc(Cl)c3)ncc2c1. The first-order valence-electron chi connectivity index (χ1n) is 5.22. The number of pyridine rings is 1. The van der Waals surface area contributed by atoms with Gasteiger partial charge >= 0.3 is 0 Å². The van der Waals surface area contributed by atoms with Crippen LogP contribution in [0.1, 0.15) is 0 Å². The van der Waals surface area contributed by atoms with Crippen LogP contribution in [0.5, 0.6) is 0 Å². The molecule has 2 aromatic heterocycles. The van der Waals surface area contributed by atoms with Crippen molar-refractivity contribution in [3.05, 3.63) is 53.8 Å². The summed E-state index contributed by atoms with van der Waals surface area (Å²) < 4.78 is 1.99. The Bertz CT molecular complexity index is 688. The molecule has 4 heteroatoms. The van der Waals surface area contributed by atoms with Crippen molar-refractivity contribution in [3.8, 4) is 11.4 Å². The first-order chi connectivity index (χ1) is 8.24. The van der Waals surface area contributed by atoms with Gasteiger partial charge < -0.3 is 5.73 Å². The number of rotatable bonds is 1. The maximum Gasteiger partial charge on any atom is 0.144 e. The number of anilines is 1. The van der Waals surface area contributed by atoms with Gasteiger partial charge in [-0.25, -0.2) is 4.98 Å². The highest BCUT2D eigenvalue weighted by Crippen LogP contribution is 2.23. The van der Waals surface area contributed by atoms with Gasteiger partial charge in [-0.15, -0.1) is 0 Å². The summed E-state index contributed by atoms with van der Waals surface area (Å²) in [7, 11) is 0. The van der Waals surface area contributed by atoms with Gasteiger partial charge in [0.1, 0.15) is 5.82 Å². The van der Waals surface area contributed by atoms with Gasteiger partial charge in [0.2, 0.25) is 0 Å². The number of imidazole rings is 1. The van der Waals surface area contributed by atoms with Crippen molar-refractivity contribution in [2.75, 3.05) is 5.73 Å². The van der Waals surface area contributed by atoms with Crippen LogP contribution in [0.3, 0.4) is 0 Å². The molecule has 0 radical (unpaired) electrons. The van der Waals surface area contributed by atoms with Crippen molar-refractivity contribution in [1.29, 1.82) is 0 Å². The number of fused-ring (bicyclic) bond motifs is 1. The number of hydrogen-bond donors (Lipinski definition) is 1. The number of benzene rings is 1. The number of halogens is 1. The van der Waals surface area contributed by atoms with E-state index < -0.39 is 0 Å². The zero-order valence-electron chi connectivity index (χ0n) is 8.97. The monoisotopic (exact) mass is 243 g/mol. The average molecular weight is 244 g/mol. The lowest BCUT2D eigenvalue weighted by Crippen LogP contribution is -1.91. The van der Waals surface area contributed by atoms with Crippen molar-refractivity contribution < 1.29 is 0 Å². The summed E-state index contributed by atoms with van der Waals surface area (Å²) in [5.74, 6) is 0.863. The molecule has 0 spiro atoms. The molecule has 3 rings (SSSR count). The molecule has 0 bridgehead atoms. The zero-order chi connectivity index (χ0) is 11.8. The molecule has 0 unspecified atom stereocenters. The van der Waals surface area contributed by atoms with Gasteiger partial charge in [-0.3, -0.25) is 4.40 Å². The van der Waals surface area contributed by atoms with Crippen LogP contribution in [0, 0.1) is 0 Å². The van der Waals surface area contributed by atoms with Gasteiger partial charge in [0.15, 0.2) is 0 Å². The summed E-state index contributed by atoms with van der Waals surface area (Å²) in [6, 6.07) is 11.4. The van der Waals surface area contributed by atoms with Gasteiger partial charge in [0.25, 0.3) is 0 Å². The Kier molecular flexibility index (Phi) is 2.27. The topological polar surface area (TPSA) is 43.3 Å². The number of nitrogens with zero attached hydrogens (tertiary/aromatic N) is 2. The lowest BCUT2D eigenvalue weighted by molar-refractivity contribution is 1.16. The summed E-state index contributed by atoms with van der Waals surface area (Å²) >= 11 is 5.98. The molecule has 2 heterocycles. The number of hydrogen-bond acceptors (Lipinski definition) is 2. The van der Waals surface area contributed by atoms with Crippen molar-refractivity contribution in [1.82, 2.24) is 9.38 Å². The first kappa shape index (κ1) is 10.2. The van der Waals surface area contributed by atoms with Crippen LogP contribution in [-0.4, -0.2) is 9.38 Å². The minimum Gasteiger partial charge on any atom is -0.399 e.